The average Bonchev–Trinajstić information content (AvgIpc) is 2.77. The second kappa shape index (κ2) is 6.07. The van der Waals surface area contributed by atoms with Crippen LogP contribution in [-0.4, -0.2) is 35.1 Å². The van der Waals surface area contributed by atoms with E-state index in [-0.39, 0.29) is 5.91 Å². The number of aromatic nitrogens is 2. The Hall–Kier alpha value is -1.01. The monoisotopic (exact) mass is 254 g/mol. The summed E-state index contributed by atoms with van der Waals surface area (Å²) < 4.78 is 3.76. The van der Waals surface area contributed by atoms with Gasteiger partial charge in [0.25, 0.3) is 5.91 Å². The van der Waals surface area contributed by atoms with Crippen LogP contribution in [0.4, 0.5) is 0 Å². The van der Waals surface area contributed by atoms with Crippen molar-refractivity contribution in [3.8, 4) is 0 Å². The van der Waals surface area contributed by atoms with Crippen LogP contribution in [0.25, 0.3) is 0 Å². The quantitative estimate of drug-likeness (QED) is 0.840. The van der Waals surface area contributed by atoms with E-state index < -0.39 is 0 Å². The number of carbonyl (C=O) groups excluding carboxylic acids is 1. The van der Waals surface area contributed by atoms with Crippen molar-refractivity contribution in [2.24, 2.45) is 5.92 Å². The van der Waals surface area contributed by atoms with E-state index in [1.165, 1.54) is 12.8 Å². The Kier molecular flexibility index (Phi) is 4.44. The van der Waals surface area contributed by atoms with Crippen molar-refractivity contribution < 1.29 is 4.79 Å². The molecular formula is C11H18N4OS. The fourth-order valence-corrected chi connectivity index (χ4v) is 2.65. The molecule has 2 heterocycles. The van der Waals surface area contributed by atoms with E-state index in [1.54, 1.807) is 0 Å². The molecule has 1 aliphatic rings. The zero-order valence-corrected chi connectivity index (χ0v) is 10.8. The molecule has 0 aliphatic carbocycles. The van der Waals surface area contributed by atoms with Gasteiger partial charge in [-0.3, -0.25) is 4.79 Å². The molecule has 1 unspecified atom stereocenters. The van der Waals surface area contributed by atoms with Gasteiger partial charge in [-0.1, -0.05) is 4.49 Å². The fourth-order valence-electron chi connectivity index (χ4n) is 2.08. The predicted octanol–water partition coefficient (Wildman–Crippen LogP) is 0.966. The number of nitrogens with zero attached hydrogens (tertiary/aromatic N) is 2. The molecule has 6 heteroatoms. The number of piperidine rings is 1. The zero-order valence-electron chi connectivity index (χ0n) is 10.0. The Labute approximate surface area is 105 Å². The molecule has 94 valence electrons. The maximum Gasteiger partial charge on any atom is 0.264 e. The molecule has 1 fully saturated rings. The Balaban J connectivity index is 1.71. The van der Waals surface area contributed by atoms with Crippen LogP contribution in [0.2, 0.25) is 0 Å². The highest BCUT2D eigenvalue weighted by molar-refractivity contribution is 7.07. The lowest BCUT2D eigenvalue weighted by atomic mass is 9.96. The topological polar surface area (TPSA) is 66.9 Å². The van der Waals surface area contributed by atoms with Gasteiger partial charge >= 0.3 is 0 Å². The Morgan fingerprint density at radius 2 is 2.53 bits per heavy atom. The van der Waals surface area contributed by atoms with Crippen molar-refractivity contribution >= 4 is 17.4 Å². The molecule has 2 rings (SSSR count). The third-order valence-corrected chi connectivity index (χ3v) is 3.92. The van der Waals surface area contributed by atoms with Crippen molar-refractivity contribution in [2.75, 3.05) is 19.6 Å². The summed E-state index contributed by atoms with van der Waals surface area (Å²) in [5.41, 5.74) is 0.715. The van der Waals surface area contributed by atoms with Crippen molar-refractivity contribution in [1.82, 2.24) is 20.2 Å². The molecule has 0 radical (unpaired) electrons. The van der Waals surface area contributed by atoms with E-state index in [0.717, 1.165) is 37.6 Å². The Bertz CT molecular complexity index is 373. The fraction of sp³-hybridized carbons (Fsp3) is 0.727. The van der Waals surface area contributed by atoms with Crippen LogP contribution in [0.5, 0.6) is 0 Å². The SMILES string of the molecule is Cc1nnsc1C(=O)NCCC1CCCNC1. The van der Waals surface area contributed by atoms with Gasteiger partial charge in [-0.2, -0.15) is 0 Å². The predicted molar refractivity (Wildman–Crippen MR) is 67.2 cm³/mol. The molecule has 17 heavy (non-hydrogen) atoms. The van der Waals surface area contributed by atoms with Crippen molar-refractivity contribution in [2.45, 2.75) is 26.2 Å². The van der Waals surface area contributed by atoms with E-state index in [4.69, 9.17) is 0 Å². The number of nitrogens with one attached hydrogen (secondary N) is 2. The van der Waals surface area contributed by atoms with Crippen LogP contribution in [0.3, 0.4) is 0 Å². The van der Waals surface area contributed by atoms with Gasteiger partial charge in [0, 0.05) is 6.54 Å². The molecule has 1 amide bonds. The van der Waals surface area contributed by atoms with Gasteiger partial charge in [-0.05, 0) is 56.7 Å². The van der Waals surface area contributed by atoms with Gasteiger partial charge in [0.05, 0.1) is 5.69 Å². The smallest absolute Gasteiger partial charge is 0.264 e. The van der Waals surface area contributed by atoms with E-state index in [2.05, 4.69) is 20.2 Å². The minimum atomic E-state index is -0.0405. The summed E-state index contributed by atoms with van der Waals surface area (Å²) >= 11 is 1.16. The molecule has 1 saturated heterocycles. The van der Waals surface area contributed by atoms with Gasteiger partial charge in [-0.15, -0.1) is 5.10 Å². The van der Waals surface area contributed by atoms with Crippen LogP contribution in [0.15, 0.2) is 0 Å². The highest BCUT2D eigenvalue weighted by atomic mass is 32.1. The van der Waals surface area contributed by atoms with Crippen molar-refractivity contribution in [3.05, 3.63) is 10.6 Å². The number of hydrogen-bond acceptors (Lipinski definition) is 5. The van der Waals surface area contributed by atoms with Crippen LogP contribution in [0.1, 0.15) is 34.6 Å². The first-order valence-corrected chi connectivity index (χ1v) is 6.82. The number of rotatable bonds is 4. The summed E-state index contributed by atoms with van der Waals surface area (Å²) in [5, 5.41) is 10.1. The first-order chi connectivity index (χ1) is 8.27. The molecule has 0 spiro atoms. The molecule has 2 N–H and O–H groups in total. The van der Waals surface area contributed by atoms with Gasteiger partial charge in [0.2, 0.25) is 0 Å². The first kappa shape index (κ1) is 12.4. The van der Waals surface area contributed by atoms with E-state index >= 15 is 0 Å². The third kappa shape index (κ3) is 3.47. The maximum absolute atomic E-state index is 11.8. The molecule has 0 saturated carbocycles. The highest BCUT2D eigenvalue weighted by Crippen LogP contribution is 2.13. The molecule has 0 aromatic carbocycles. The van der Waals surface area contributed by atoms with Crippen LogP contribution < -0.4 is 10.6 Å². The molecule has 5 nitrogen and oxygen atoms in total. The summed E-state index contributed by atoms with van der Waals surface area (Å²) in [6.45, 7) is 4.76. The van der Waals surface area contributed by atoms with Crippen molar-refractivity contribution in [3.63, 3.8) is 0 Å². The van der Waals surface area contributed by atoms with Gasteiger partial charge in [0.15, 0.2) is 0 Å². The largest absolute Gasteiger partial charge is 0.351 e. The first-order valence-electron chi connectivity index (χ1n) is 6.05. The number of amides is 1. The summed E-state index contributed by atoms with van der Waals surface area (Å²) in [4.78, 5) is 12.4. The summed E-state index contributed by atoms with van der Waals surface area (Å²) in [6.07, 6.45) is 3.56. The van der Waals surface area contributed by atoms with Gasteiger partial charge in [-0.25, -0.2) is 0 Å². The number of hydrogen-bond donors (Lipinski definition) is 2. The maximum atomic E-state index is 11.8. The molecule has 1 aliphatic heterocycles. The average molecular weight is 254 g/mol. The molecule has 0 bridgehead atoms. The molecule has 1 atom stereocenters. The number of aryl methyl sites for hydroxylation is 1. The summed E-state index contributed by atoms with van der Waals surface area (Å²) in [5.74, 6) is 0.658. The zero-order chi connectivity index (χ0) is 12.1. The molecule has 1 aromatic rings. The third-order valence-electron chi connectivity index (χ3n) is 3.09. The van der Waals surface area contributed by atoms with Crippen LogP contribution in [0, 0.1) is 12.8 Å². The lowest BCUT2D eigenvalue weighted by molar-refractivity contribution is 0.0954. The van der Waals surface area contributed by atoms with Gasteiger partial charge in [0.1, 0.15) is 4.88 Å². The van der Waals surface area contributed by atoms with E-state index in [0.29, 0.717) is 16.5 Å². The van der Waals surface area contributed by atoms with Gasteiger partial charge < -0.3 is 10.6 Å². The normalized spacial score (nSPS) is 20.2. The molecular weight excluding hydrogens is 236 g/mol. The van der Waals surface area contributed by atoms with E-state index in [9.17, 15) is 4.79 Å². The van der Waals surface area contributed by atoms with E-state index in [1.807, 2.05) is 6.92 Å². The van der Waals surface area contributed by atoms with Crippen LogP contribution >= 0.6 is 11.5 Å². The Morgan fingerprint density at radius 1 is 1.65 bits per heavy atom. The van der Waals surface area contributed by atoms with Crippen LogP contribution in [-0.2, 0) is 0 Å². The second-order valence-corrected chi connectivity index (χ2v) is 5.20. The lowest BCUT2D eigenvalue weighted by Gasteiger charge is -2.22. The highest BCUT2D eigenvalue weighted by Gasteiger charge is 2.15. The second-order valence-electron chi connectivity index (χ2n) is 4.44. The minimum Gasteiger partial charge on any atom is -0.351 e. The standard InChI is InChI=1S/C11H18N4OS/c1-8-10(17-15-14-8)11(16)13-6-4-9-3-2-5-12-7-9/h9,12H,2-7H2,1H3,(H,13,16). The minimum absolute atomic E-state index is 0.0405. The summed E-state index contributed by atoms with van der Waals surface area (Å²) in [6, 6.07) is 0. The van der Waals surface area contributed by atoms with Crippen molar-refractivity contribution in [1.29, 1.82) is 0 Å². The number of carbonyl (C=O) groups is 1. The molecule has 1 aromatic heterocycles. The lowest BCUT2D eigenvalue weighted by Crippen LogP contribution is -2.33. The summed E-state index contributed by atoms with van der Waals surface area (Å²) in [7, 11) is 0. The Morgan fingerprint density at radius 3 is 3.18 bits per heavy atom.